The molecule has 0 saturated carbocycles. The molecule has 0 fully saturated rings. The van der Waals surface area contributed by atoms with Crippen LogP contribution in [0.4, 0.5) is 0 Å². The van der Waals surface area contributed by atoms with Crippen LogP contribution in [0.1, 0.15) is 113 Å². The van der Waals surface area contributed by atoms with Gasteiger partial charge < -0.3 is 24.8 Å². The number of hydrogen-bond acceptors (Lipinski definition) is 0. The zero-order valence-corrected chi connectivity index (χ0v) is 34.0. The van der Waals surface area contributed by atoms with Gasteiger partial charge in [0.1, 0.15) is 0 Å². The Balaban J connectivity index is 0.000000682. The van der Waals surface area contributed by atoms with Gasteiger partial charge >= 0.3 is 41.6 Å². The topological polar surface area (TPSA) is 0 Å². The van der Waals surface area contributed by atoms with Crippen molar-refractivity contribution in [2.24, 2.45) is 0 Å². The molecule has 0 bridgehead atoms. The van der Waals surface area contributed by atoms with Crippen LogP contribution in [0, 0.1) is 0 Å². The second-order valence-electron chi connectivity index (χ2n) is 11.7. The van der Waals surface area contributed by atoms with Crippen molar-refractivity contribution in [3.8, 4) is 0 Å². The van der Waals surface area contributed by atoms with Gasteiger partial charge in [0.25, 0.3) is 0 Å². The molecule has 0 aliphatic carbocycles. The van der Waals surface area contributed by atoms with Gasteiger partial charge in [0.15, 0.2) is 0 Å². The van der Waals surface area contributed by atoms with E-state index in [1.165, 1.54) is 144 Å². The smallest absolute Gasteiger partial charge is 1.00 e. The van der Waals surface area contributed by atoms with Crippen LogP contribution in [0.25, 0.3) is 21.5 Å². The van der Waals surface area contributed by atoms with Crippen LogP contribution in [0.15, 0.2) is 48.5 Å². The average Bonchev–Trinajstić information content (AvgIpc) is 3.49. The minimum absolute atomic E-state index is 0. The van der Waals surface area contributed by atoms with Crippen LogP contribution in [-0.4, -0.2) is 5.49 Å². The van der Waals surface area contributed by atoms with Gasteiger partial charge in [-0.15, -0.1) is 56.9 Å². The van der Waals surface area contributed by atoms with E-state index in [4.69, 9.17) is 0 Å². The molecular formula is C38H56Cl2HfSi-2. The van der Waals surface area contributed by atoms with E-state index >= 15 is 0 Å². The summed E-state index contributed by atoms with van der Waals surface area (Å²) in [7, 11) is 0. The quantitative estimate of drug-likeness (QED) is 0.129. The van der Waals surface area contributed by atoms with Gasteiger partial charge in [-0.25, -0.2) is 0 Å². The predicted octanol–water partition coefficient (Wildman–Crippen LogP) is 5.62. The summed E-state index contributed by atoms with van der Waals surface area (Å²) in [5.41, 5.74) is 9.43. The van der Waals surface area contributed by atoms with Crippen molar-refractivity contribution in [2.75, 3.05) is 0 Å². The second-order valence-corrected chi connectivity index (χ2v) is 24.5. The third kappa shape index (κ3) is 13.5. The first kappa shape index (κ1) is 41.3. The standard InChI is InChI=1S/2C18H25.C2H6Si.2ClH.Hf/c2*1-4-7-14-10-16(9-6-3)18-13-15(8-5-2)12-17(18)11-14;1-3-2;;;/h2*10-13H,4-9H2,1-3H3;1-2H3;2*1H;/q2*-1;;;;+2/p-2. The summed E-state index contributed by atoms with van der Waals surface area (Å²) in [6, 6.07) is 19.3. The number of aryl methyl sites for hydroxylation is 6. The van der Waals surface area contributed by atoms with Crippen molar-refractivity contribution < 1.29 is 47.8 Å². The Morgan fingerprint density at radius 3 is 1.10 bits per heavy atom. The molecule has 4 heteroatoms. The van der Waals surface area contributed by atoms with Crippen LogP contribution >= 0.6 is 0 Å². The number of fused-ring (bicyclic) bond motifs is 2. The van der Waals surface area contributed by atoms with Crippen molar-refractivity contribution in [3.05, 3.63) is 81.9 Å². The molecule has 0 N–H and O–H groups in total. The number of rotatable bonds is 12. The molecule has 0 aliphatic rings. The molecule has 0 amide bonds. The number of halogens is 2. The van der Waals surface area contributed by atoms with Crippen molar-refractivity contribution in [2.45, 2.75) is 132 Å². The fourth-order valence-corrected chi connectivity index (χ4v) is 5.74. The van der Waals surface area contributed by atoms with E-state index in [1.54, 1.807) is 11.1 Å². The second kappa shape index (κ2) is 22.8. The molecule has 0 saturated heterocycles. The maximum absolute atomic E-state index is 2.44. The summed E-state index contributed by atoms with van der Waals surface area (Å²) < 4.78 is 0. The first-order valence-electron chi connectivity index (χ1n) is 16.2. The Labute approximate surface area is 286 Å². The largest absolute Gasteiger partial charge is 1.00 e. The monoisotopic (exact) mass is 790 g/mol. The van der Waals surface area contributed by atoms with E-state index in [0.717, 1.165) is 0 Å². The van der Waals surface area contributed by atoms with Gasteiger partial charge in [0.2, 0.25) is 0 Å². The molecule has 0 radical (unpaired) electrons. The van der Waals surface area contributed by atoms with Crippen molar-refractivity contribution in [1.82, 2.24) is 0 Å². The normalized spacial score (nSPS) is 10.3. The fraction of sp³-hybridized carbons (Fsp3) is 0.526. The Hall–Kier alpha value is -0.673. The van der Waals surface area contributed by atoms with Crippen molar-refractivity contribution in [1.29, 1.82) is 0 Å². The summed E-state index contributed by atoms with van der Waals surface area (Å²) in [5, 5.41) is 5.93. The Morgan fingerprint density at radius 2 is 0.810 bits per heavy atom. The van der Waals surface area contributed by atoms with E-state index in [-0.39, 0.29) is 30.3 Å². The van der Waals surface area contributed by atoms with E-state index in [2.05, 4.69) is 103 Å². The maximum Gasteiger partial charge on any atom is -1.00 e. The molecule has 232 valence electrons. The molecule has 0 atom stereocenters. The van der Waals surface area contributed by atoms with Crippen LogP contribution in [0.2, 0.25) is 13.1 Å². The van der Waals surface area contributed by atoms with Gasteiger partial charge in [-0.2, -0.15) is 12.1 Å². The molecule has 42 heavy (non-hydrogen) atoms. The minimum Gasteiger partial charge on any atom is -1.00 e. The minimum atomic E-state index is 0. The van der Waals surface area contributed by atoms with E-state index in [0.29, 0.717) is 0 Å². The first-order chi connectivity index (χ1) is 19.3. The Morgan fingerprint density at radius 1 is 0.500 bits per heavy atom. The fourth-order valence-electron chi connectivity index (χ4n) is 5.74. The summed E-state index contributed by atoms with van der Waals surface area (Å²) in [6.07, 6.45) is 14.7. The summed E-state index contributed by atoms with van der Waals surface area (Å²) >= 11 is 1.45. The van der Waals surface area contributed by atoms with Crippen LogP contribution in [0.3, 0.4) is 0 Å². The van der Waals surface area contributed by atoms with Gasteiger partial charge in [0, 0.05) is 0 Å². The molecule has 0 nitrogen and oxygen atoms in total. The zero-order chi connectivity index (χ0) is 29.5. The Bertz CT molecular complexity index is 1210. The molecule has 4 aromatic carbocycles. The van der Waals surface area contributed by atoms with E-state index in [1.807, 2.05) is 0 Å². The average molecular weight is 790 g/mol. The summed E-state index contributed by atoms with van der Waals surface area (Å²) in [6.45, 7) is 18.2. The molecule has 0 aromatic heterocycles. The van der Waals surface area contributed by atoms with Crippen molar-refractivity contribution in [3.63, 3.8) is 0 Å². The zero-order valence-electron chi connectivity index (χ0n) is 27.9. The molecule has 4 aromatic rings. The third-order valence-electron chi connectivity index (χ3n) is 7.25. The summed E-state index contributed by atoms with van der Waals surface area (Å²) in [5.74, 6) is 0. The molecule has 0 heterocycles. The van der Waals surface area contributed by atoms with Crippen LogP contribution in [-0.2, 0) is 61.5 Å². The van der Waals surface area contributed by atoms with E-state index < -0.39 is 0 Å². The van der Waals surface area contributed by atoms with Gasteiger partial charge in [-0.3, -0.25) is 0 Å². The van der Waals surface area contributed by atoms with Gasteiger partial charge in [-0.05, 0) is 38.5 Å². The third-order valence-corrected chi connectivity index (χ3v) is 7.25. The summed E-state index contributed by atoms with van der Waals surface area (Å²) in [4.78, 5) is 0. The number of benzene rings is 2. The molecule has 0 unspecified atom stereocenters. The Kier molecular flexibility index (Phi) is 22.4. The molecular weight excluding hydrogens is 734 g/mol. The predicted molar refractivity (Wildman–Crippen MR) is 181 cm³/mol. The SMILES string of the molecule is CCCc1cc(CCC)c2cc(CCC)[cH-]c2c1.CCCc1cc(CCC)c2cc(CCC)[cH-]c2c1.C[Si](C)=[Hf+2].[Cl-].[Cl-]. The molecule has 0 spiro atoms. The van der Waals surface area contributed by atoms with E-state index in [9.17, 15) is 0 Å². The van der Waals surface area contributed by atoms with Gasteiger partial charge in [-0.1, -0.05) is 114 Å². The van der Waals surface area contributed by atoms with Crippen LogP contribution in [0.5, 0.6) is 0 Å². The van der Waals surface area contributed by atoms with Crippen LogP contribution < -0.4 is 24.8 Å². The number of hydrogen-bond donors (Lipinski definition) is 0. The maximum atomic E-state index is 2.44. The first-order valence-corrected chi connectivity index (χ1v) is 24.1. The van der Waals surface area contributed by atoms with Crippen molar-refractivity contribution >= 4 is 27.0 Å². The molecule has 4 rings (SSSR count). The van der Waals surface area contributed by atoms with Gasteiger partial charge in [0.05, 0.1) is 0 Å². The molecule has 0 aliphatic heterocycles.